The van der Waals surface area contributed by atoms with Gasteiger partial charge >= 0.3 is 0 Å². The lowest BCUT2D eigenvalue weighted by Gasteiger charge is -2.34. The smallest absolute Gasteiger partial charge is 0.253 e. The van der Waals surface area contributed by atoms with Crippen LogP contribution in [0.15, 0.2) is 73.2 Å². The van der Waals surface area contributed by atoms with Crippen LogP contribution in [0, 0.1) is 11.6 Å². The fourth-order valence-corrected chi connectivity index (χ4v) is 5.13. The maximum absolute atomic E-state index is 15.0. The Bertz CT molecular complexity index is 1840. The third-order valence-electron chi connectivity index (χ3n) is 7.42. The van der Waals surface area contributed by atoms with Gasteiger partial charge in [-0.05, 0) is 35.9 Å². The summed E-state index contributed by atoms with van der Waals surface area (Å²) in [6.45, 7) is 1.61. The van der Waals surface area contributed by atoms with Crippen LogP contribution in [0.3, 0.4) is 0 Å². The Morgan fingerprint density at radius 1 is 0.884 bits per heavy atom. The maximum atomic E-state index is 15.0. The Kier molecular flexibility index (Phi) is 7.49. The number of hydrogen-bond donors (Lipinski definition) is 0. The van der Waals surface area contributed by atoms with E-state index in [-0.39, 0.29) is 41.7 Å². The van der Waals surface area contributed by atoms with Crippen LogP contribution < -0.4 is 0 Å². The Balaban J connectivity index is 1.11. The maximum Gasteiger partial charge on any atom is 0.253 e. The predicted octanol–water partition coefficient (Wildman–Crippen LogP) is 3.52. The second-order valence-corrected chi connectivity index (χ2v) is 10.4. The van der Waals surface area contributed by atoms with E-state index in [0.717, 1.165) is 6.07 Å². The largest absolute Gasteiger partial charge is 0.338 e. The van der Waals surface area contributed by atoms with Gasteiger partial charge in [-0.1, -0.05) is 18.2 Å². The third kappa shape index (κ3) is 5.89. The van der Waals surface area contributed by atoms with Gasteiger partial charge in [0, 0.05) is 74.6 Å². The van der Waals surface area contributed by atoms with Crippen molar-refractivity contribution < 1.29 is 23.2 Å². The summed E-state index contributed by atoms with van der Waals surface area (Å²) in [7, 11) is 1.69. The molecule has 43 heavy (non-hydrogen) atoms. The molecule has 0 radical (unpaired) electrons. The first kappa shape index (κ1) is 27.9. The van der Waals surface area contributed by atoms with Crippen LogP contribution in [0.1, 0.15) is 26.4 Å². The molecule has 0 unspecified atom stereocenters. The molecule has 0 atom stereocenters. The number of piperazine rings is 1. The predicted molar refractivity (Wildman–Crippen MR) is 153 cm³/mol. The van der Waals surface area contributed by atoms with Crippen molar-refractivity contribution in [2.24, 2.45) is 7.05 Å². The molecule has 0 bridgehead atoms. The van der Waals surface area contributed by atoms with Crippen molar-refractivity contribution in [3.8, 4) is 11.3 Å². The Morgan fingerprint density at radius 2 is 1.63 bits per heavy atom. The van der Waals surface area contributed by atoms with Crippen molar-refractivity contribution in [3.05, 3.63) is 102 Å². The lowest BCUT2D eigenvalue weighted by Crippen LogP contribution is -2.51. The molecule has 218 valence electrons. The number of pyridine rings is 1. The highest BCUT2D eigenvalue weighted by atomic mass is 19.1. The second kappa shape index (κ2) is 11.6. The van der Waals surface area contributed by atoms with Gasteiger partial charge in [-0.25, -0.2) is 13.8 Å². The zero-order chi connectivity index (χ0) is 30.1. The first-order valence-corrected chi connectivity index (χ1v) is 13.7. The minimum atomic E-state index is -0.619. The number of halogens is 2. The van der Waals surface area contributed by atoms with Crippen molar-refractivity contribution >= 4 is 28.5 Å². The highest BCUT2D eigenvalue weighted by Gasteiger charge is 2.25. The van der Waals surface area contributed by atoms with Crippen LogP contribution in [0.2, 0.25) is 0 Å². The number of hydrogen-bond acceptors (Lipinski definition) is 6. The molecule has 0 spiro atoms. The van der Waals surface area contributed by atoms with Gasteiger partial charge in [-0.2, -0.15) is 10.2 Å². The Hall–Kier alpha value is -5.26. The first-order chi connectivity index (χ1) is 20.7. The minimum absolute atomic E-state index is 0.00612. The lowest BCUT2D eigenvalue weighted by atomic mass is 10.0. The summed E-state index contributed by atoms with van der Waals surface area (Å²) in [6.07, 6.45) is 4.38. The van der Waals surface area contributed by atoms with Gasteiger partial charge in [0.1, 0.15) is 29.6 Å². The number of Topliss-reactive ketones (excluding diaryl/α,β-unsaturated/α-hetero) is 1. The normalized spacial score (nSPS) is 13.5. The molecular weight excluding hydrogens is 556 g/mol. The van der Waals surface area contributed by atoms with E-state index in [9.17, 15) is 23.2 Å². The Morgan fingerprint density at radius 3 is 2.35 bits per heavy atom. The zero-order valence-electron chi connectivity index (χ0n) is 23.3. The molecule has 5 aromatic rings. The number of rotatable bonds is 7. The number of carbonyl (C=O) groups is 3. The molecule has 1 aliphatic rings. The van der Waals surface area contributed by atoms with Crippen LogP contribution in [0.4, 0.5) is 8.78 Å². The van der Waals surface area contributed by atoms with E-state index in [2.05, 4.69) is 15.2 Å². The quantitative estimate of drug-likeness (QED) is 0.272. The summed E-state index contributed by atoms with van der Waals surface area (Å²) in [6, 6.07) is 14.2. The van der Waals surface area contributed by atoms with Gasteiger partial charge in [-0.15, -0.1) is 0 Å². The highest BCUT2D eigenvalue weighted by molar-refractivity contribution is 5.97. The lowest BCUT2D eigenvalue weighted by molar-refractivity contribution is -0.133. The molecule has 1 fully saturated rings. The van der Waals surface area contributed by atoms with E-state index in [1.807, 2.05) is 18.2 Å². The summed E-state index contributed by atoms with van der Waals surface area (Å²) in [5.74, 6) is -1.92. The zero-order valence-corrected chi connectivity index (χ0v) is 23.3. The van der Waals surface area contributed by atoms with E-state index >= 15 is 0 Å². The Labute approximate surface area is 245 Å². The standard InChI is InChI=1S/C31H27F2N7O3/c1-37-17-23(16-34-37)30-24(32)7-8-26(35-30)28(41)14-21-13-22-18-40(36-27(22)15-25(21)33)19-29(42)38-9-11-39(12-10-38)31(43)20-5-3-2-4-6-20/h2-8,13,15-18H,9-12,14,19H2,1H3. The van der Waals surface area contributed by atoms with Crippen LogP contribution in [0.25, 0.3) is 22.2 Å². The van der Waals surface area contributed by atoms with Gasteiger partial charge in [0.25, 0.3) is 5.91 Å². The molecule has 0 saturated carbocycles. The summed E-state index contributed by atoms with van der Waals surface area (Å²) in [5, 5.41) is 8.92. The first-order valence-electron chi connectivity index (χ1n) is 13.7. The molecule has 0 N–H and O–H groups in total. The number of aryl methyl sites for hydroxylation is 1. The fraction of sp³-hybridized carbons (Fsp3) is 0.226. The molecule has 12 heteroatoms. The minimum Gasteiger partial charge on any atom is -0.338 e. The number of nitrogens with zero attached hydrogens (tertiary/aromatic N) is 7. The van der Waals surface area contributed by atoms with Crippen molar-refractivity contribution in [1.29, 1.82) is 0 Å². The molecule has 0 aliphatic carbocycles. The number of fused-ring (bicyclic) bond motifs is 1. The monoisotopic (exact) mass is 583 g/mol. The molecule has 1 aliphatic heterocycles. The molecule has 10 nitrogen and oxygen atoms in total. The van der Waals surface area contributed by atoms with Crippen LogP contribution in [-0.4, -0.2) is 78.1 Å². The molecule has 1 saturated heterocycles. The summed E-state index contributed by atoms with van der Waals surface area (Å²) in [5.41, 5.74) is 1.51. The summed E-state index contributed by atoms with van der Waals surface area (Å²) < 4.78 is 32.3. The molecule has 3 aromatic heterocycles. The van der Waals surface area contributed by atoms with E-state index in [0.29, 0.717) is 48.2 Å². The molecule has 2 amide bonds. The van der Waals surface area contributed by atoms with E-state index in [1.54, 1.807) is 41.4 Å². The average molecular weight is 584 g/mol. The SMILES string of the molecule is Cn1cc(-c2nc(C(=O)Cc3cc4cn(CC(=O)N5CCN(C(=O)c6ccccc6)CC5)nc4cc3F)ccc2F)cn1. The van der Waals surface area contributed by atoms with Gasteiger partial charge in [0.05, 0.1) is 11.7 Å². The summed E-state index contributed by atoms with van der Waals surface area (Å²) in [4.78, 5) is 46.3. The van der Waals surface area contributed by atoms with Crippen molar-refractivity contribution in [2.45, 2.75) is 13.0 Å². The number of carbonyl (C=O) groups excluding carboxylic acids is 3. The van der Waals surface area contributed by atoms with Crippen LogP contribution in [-0.2, 0) is 24.8 Å². The van der Waals surface area contributed by atoms with Crippen LogP contribution >= 0.6 is 0 Å². The topological polar surface area (TPSA) is 106 Å². The van der Waals surface area contributed by atoms with Crippen LogP contribution in [0.5, 0.6) is 0 Å². The van der Waals surface area contributed by atoms with Crippen molar-refractivity contribution in [3.63, 3.8) is 0 Å². The van der Waals surface area contributed by atoms with E-state index in [1.165, 1.54) is 33.8 Å². The molecule has 6 rings (SSSR count). The second-order valence-electron chi connectivity index (χ2n) is 10.4. The van der Waals surface area contributed by atoms with Gasteiger partial charge in [-0.3, -0.25) is 23.7 Å². The highest BCUT2D eigenvalue weighted by Crippen LogP contribution is 2.23. The summed E-state index contributed by atoms with van der Waals surface area (Å²) >= 11 is 0. The number of amides is 2. The van der Waals surface area contributed by atoms with Crippen molar-refractivity contribution in [2.75, 3.05) is 26.2 Å². The number of ketones is 1. The average Bonchev–Trinajstić information content (AvgIpc) is 3.62. The van der Waals surface area contributed by atoms with E-state index in [4.69, 9.17) is 0 Å². The van der Waals surface area contributed by atoms with Crippen molar-refractivity contribution in [1.82, 2.24) is 34.3 Å². The number of benzene rings is 2. The number of aromatic nitrogens is 5. The third-order valence-corrected chi connectivity index (χ3v) is 7.42. The molecular formula is C31H27F2N7O3. The van der Waals surface area contributed by atoms with Gasteiger partial charge < -0.3 is 9.80 Å². The molecule has 4 heterocycles. The fourth-order valence-electron chi connectivity index (χ4n) is 5.13. The van der Waals surface area contributed by atoms with E-state index < -0.39 is 17.4 Å². The van der Waals surface area contributed by atoms with Gasteiger partial charge in [0.15, 0.2) is 5.78 Å². The molecule has 2 aromatic carbocycles. The van der Waals surface area contributed by atoms with Gasteiger partial charge in [0.2, 0.25) is 5.91 Å².